The first kappa shape index (κ1) is 13.0. The molecule has 0 bridgehead atoms. The highest BCUT2D eigenvalue weighted by atomic mass is 16.3. The number of aromatic nitrogens is 2. The highest BCUT2D eigenvalue weighted by Crippen LogP contribution is 2.22. The minimum absolute atomic E-state index is 0.639. The van der Waals surface area contributed by atoms with Gasteiger partial charge in [-0.15, -0.1) is 0 Å². The molecule has 1 aliphatic heterocycles. The van der Waals surface area contributed by atoms with E-state index in [9.17, 15) is 0 Å². The lowest BCUT2D eigenvalue weighted by Crippen LogP contribution is -2.34. The van der Waals surface area contributed by atoms with Crippen LogP contribution in [0.4, 0.5) is 11.6 Å². The molecule has 106 valence electrons. The van der Waals surface area contributed by atoms with Gasteiger partial charge in [0.1, 0.15) is 23.7 Å². The van der Waals surface area contributed by atoms with Crippen molar-refractivity contribution in [2.45, 2.75) is 26.3 Å². The van der Waals surface area contributed by atoms with Crippen molar-refractivity contribution in [2.75, 3.05) is 23.3 Å². The molecule has 0 saturated carbocycles. The third kappa shape index (κ3) is 3.10. The van der Waals surface area contributed by atoms with E-state index >= 15 is 0 Å². The Balaban J connectivity index is 1.66. The van der Waals surface area contributed by atoms with E-state index in [1.807, 2.05) is 18.2 Å². The van der Waals surface area contributed by atoms with Gasteiger partial charge in [0.05, 0.1) is 12.8 Å². The van der Waals surface area contributed by atoms with E-state index in [0.29, 0.717) is 6.54 Å². The Morgan fingerprint density at radius 1 is 1.45 bits per heavy atom. The Bertz CT molecular complexity index is 541. The fourth-order valence-corrected chi connectivity index (χ4v) is 2.60. The van der Waals surface area contributed by atoms with Crippen LogP contribution in [-0.4, -0.2) is 23.1 Å². The van der Waals surface area contributed by atoms with Crippen molar-refractivity contribution in [1.29, 1.82) is 0 Å². The van der Waals surface area contributed by atoms with Gasteiger partial charge in [-0.25, -0.2) is 9.97 Å². The first-order valence-corrected chi connectivity index (χ1v) is 7.14. The van der Waals surface area contributed by atoms with Crippen molar-refractivity contribution in [3.8, 4) is 0 Å². The number of hydrogen-bond acceptors (Lipinski definition) is 5. The van der Waals surface area contributed by atoms with E-state index in [1.54, 1.807) is 12.6 Å². The summed E-state index contributed by atoms with van der Waals surface area (Å²) in [5, 5.41) is 3.27. The van der Waals surface area contributed by atoms with Gasteiger partial charge < -0.3 is 14.6 Å². The molecular weight excluding hydrogens is 252 g/mol. The van der Waals surface area contributed by atoms with E-state index in [2.05, 4.69) is 27.1 Å². The number of piperidine rings is 1. The van der Waals surface area contributed by atoms with E-state index in [4.69, 9.17) is 4.42 Å². The zero-order valence-electron chi connectivity index (χ0n) is 11.7. The lowest BCUT2D eigenvalue weighted by molar-refractivity contribution is 0.444. The molecule has 1 aliphatic rings. The van der Waals surface area contributed by atoms with Gasteiger partial charge in [0.15, 0.2) is 0 Å². The Kier molecular flexibility index (Phi) is 3.85. The van der Waals surface area contributed by atoms with Gasteiger partial charge in [-0.2, -0.15) is 0 Å². The first-order valence-electron chi connectivity index (χ1n) is 7.14. The van der Waals surface area contributed by atoms with Crippen LogP contribution >= 0.6 is 0 Å². The Morgan fingerprint density at radius 3 is 3.20 bits per heavy atom. The molecule has 1 fully saturated rings. The maximum absolute atomic E-state index is 5.30. The monoisotopic (exact) mass is 272 g/mol. The van der Waals surface area contributed by atoms with Gasteiger partial charge in [-0.3, -0.25) is 0 Å². The lowest BCUT2D eigenvalue weighted by atomic mass is 10.0. The van der Waals surface area contributed by atoms with Crippen LogP contribution in [0.25, 0.3) is 0 Å². The second-order valence-corrected chi connectivity index (χ2v) is 5.39. The molecule has 0 spiro atoms. The minimum atomic E-state index is 0.639. The second kappa shape index (κ2) is 5.94. The fraction of sp³-hybridized carbons (Fsp3) is 0.467. The number of anilines is 2. The number of rotatable bonds is 4. The maximum Gasteiger partial charge on any atom is 0.134 e. The molecule has 3 rings (SSSR count). The molecule has 20 heavy (non-hydrogen) atoms. The van der Waals surface area contributed by atoms with Crippen LogP contribution in [0, 0.1) is 5.92 Å². The predicted molar refractivity (Wildman–Crippen MR) is 78.7 cm³/mol. The maximum atomic E-state index is 5.30. The molecule has 1 N–H and O–H groups in total. The van der Waals surface area contributed by atoms with Crippen molar-refractivity contribution in [3.05, 3.63) is 36.5 Å². The average molecular weight is 272 g/mol. The fourth-order valence-electron chi connectivity index (χ4n) is 2.60. The lowest BCUT2D eigenvalue weighted by Gasteiger charge is -2.31. The van der Waals surface area contributed by atoms with Gasteiger partial charge in [-0.05, 0) is 30.9 Å². The number of nitrogens with one attached hydrogen (secondary N) is 1. The molecule has 1 saturated heterocycles. The van der Waals surface area contributed by atoms with Gasteiger partial charge >= 0.3 is 0 Å². The zero-order chi connectivity index (χ0) is 13.8. The summed E-state index contributed by atoms with van der Waals surface area (Å²) in [6, 6.07) is 5.85. The minimum Gasteiger partial charge on any atom is -0.467 e. The van der Waals surface area contributed by atoms with Crippen molar-refractivity contribution < 1.29 is 4.42 Å². The van der Waals surface area contributed by atoms with Gasteiger partial charge in [0, 0.05) is 19.2 Å². The van der Waals surface area contributed by atoms with Crippen LogP contribution < -0.4 is 10.2 Å². The normalized spacial score (nSPS) is 19.1. The standard InChI is InChI=1S/C15H20N4O/c1-12-4-2-6-19(10-12)15-8-14(17-11-18-15)16-9-13-5-3-7-20-13/h3,5,7-8,11-12H,2,4,6,9-10H2,1H3,(H,16,17,18). The molecule has 5 heteroatoms. The summed E-state index contributed by atoms with van der Waals surface area (Å²) in [6.45, 7) is 5.09. The smallest absolute Gasteiger partial charge is 0.134 e. The third-order valence-corrected chi connectivity index (χ3v) is 3.66. The molecule has 0 aromatic carbocycles. The SMILES string of the molecule is CC1CCCN(c2cc(NCc3ccco3)ncn2)C1. The van der Waals surface area contributed by atoms with Crippen LogP contribution in [0.5, 0.6) is 0 Å². The van der Waals surface area contributed by atoms with Crippen molar-refractivity contribution in [1.82, 2.24) is 9.97 Å². The van der Waals surface area contributed by atoms with Gasteiger partial charge in [0.25, 0.3) is 0 Å². The zero-order valence-corrected chi connectivity index (χ0v) is 11.7. The van der Waals surface area contributed by atoms with Crippen LogP contribution in [-0.2, 0) is 6.54 Å². The summed E-state index contributed by atoms with van der Waals surface area (Å²) in [4.78, 5) is 11.0. The largest absolute Gasteiger partial charge is 0.467 e. The molecular formula is C15H20N4O. The number of hydrogen-bond donors (Lipinski definition) is 1. The van der Waals surface area contributed by atoms with E-state index in [1.165, 1.54) is 12.8 Å². The predicted octanol–water partition coefficient (Wildman–Crippen LogP) is 2.92. The summed E-state index contributed by atoms with van der Waals surface area (Å²) in [5.41, 5.74) is 0. The van der Waals surface area contributed by atoms with Crippen LogP contribution in [0.2, 0.25) is 0 Å². The molecule has 0 aliphatic carbocycles. The molecule has 2 aromatic rings. The molecule has 5 nitrogen and oxygen atoms in total. The molecule has 2 aromatic heterocycles. The first-order chi connectivity index (χ1) is 9.81. The molecule has 1 unspecified atom stereocenters. The third-order valence-electron chi connectivity index (χ3n) is 3.66. The van der Waals surface area contributed by atoms with Crippen molar-refractivity contribution in [2.24, 2.45) is 5.92 Å². The summed E-state index contributed by atoms with van der Waals surface area (Å²) in [6.07, 6.45) is 5.85. The van der Waals surface area contributed by atoms with Crippen LogP contribution in [0.3, 0.4) is 0 Å². The van der Waals surface area contributed by atoms with Crippen LogP contribution in [0.15, 0.2) is 35.2 Å². The molecule has 1 atom stereocenters. The molecule has 0 amide bonds. The number of furan rings is 1. The van der Waals surface area contributed by atoms with E-state index in [0.717, 1.165) is 36.4 Å². The highest BCUT2D eigenvalue weighted by Gasteiger charge is 2.17. The summed E-state index contributed by atoms with van der Waals surface area (Å²) < 4.78 is 5.30. The topological polar surface area (TPSA) is 54.2 Å². The summed E-state index contributed by atoms with van der Waals surface area (Å²) >= 11 is 0. The van der Waals surface area contributed by atoms with Crippen molar-refractivity contribution >= 4 is 11.6 Å². The Hall–Kier alpha value is -2.04. The Morgan fingerprint density at radius 2 is 2.40 bits per heavy atom. The van der Waals surface area contributed by atoms with Crippen molar-refractivity contribution in [3.63, 3.8) is 0 Å². The van der Waals surface area contributed by atoms with Gasteiger partial charge in [-0.1, -0.05) is 6.92 Å². The summed E-state index contributed by atoms with van der Waals surface area (Å²) in [5.74, 6) is 3.48. The molecule has 3 heterocycles. The highest BCUT2D eigenvalue weighted by molar-refractivity contribution is 5.48. The second-order valence-electron chi connectivity index (χ2n) is 5.39. The average Bonchev–Trinajstić information content (AvgIpc) is 2.99. The quantitative estimate of drug-likeness (QED) is 0.927. The molecule has 0 radical (unpaired) electrons. The van der Waals surface area contributed by atoms with E-state index in [-0.39, 0.29) is 0 Å². The number of nitrogens with zero attached hydrogens (tertiary/aromatic N) is 3. The van der Waals surface area contributed by atoms with Crippen LogP contribution in [0.1, 0.15) is 25.5 Å². The summed E-state index contributed by atoms with van der Waals surface area (Å²) in [7, 11) is 0. The van der Waals surface area contributed by atoms with E-state index < -0.39 is 0 Å². The van der Waals surface area contributed by atoms with Gasteiger partial charge in [0.2, 0.25) is 0 Å². The Labute approximate surface area is 119 Å².